The molecule has 2 aromatic heterocycles. The molecule has 0 aromatic carbocycles. The van der Waals surface area contributed by atoms with E-state index in [0.717, 1.165) is 43.5 Å². The molecule has 0 radical (unpaired) electrons. The Morgan fingerprint density at radius 2 is 2.09 bits per heavy atom. The third-order valence-electron chi connectivity index (χ3n) is 3.36. The fourth-order valence-electron chi connectivity index (χ4n) is 2.34. The van der Waals surface area contributed by atoms with E-state index in [9.17, 15) is 0 Å². The van der Waals surface area contributed by atoms with E-state index >= 15 is 0 Å². The van der Waals surface area contributed by atoms with Crippen LogP contribution in [0.15, 0.2) is 18.5 Å². The lowest BCUT2D eigenvalue weighted by molar-refractivity contribution is 0.122. The van der Waals surface area contributed by atoms with Gasteiger partial charge in [-0.2, -0.15) is 0 Å². The Hall–Kier alpha value is -1.86. The second-order valence-electron chi connectivity index (χ2n) is 5.44. The van der Waals surface area contributed by atoms with Crippen molar-refractivity contribution in [1.82, 2.24) is 20.0 Å². The molecular weight excluding hydrogens is 304 g/mol. The van der Waals surface area contributed by atoms with Gasteiger partial charge in [-0.15, -0.1) is 5.10 Å². The molecule has 1 N–H and O–H groups in total. The molecule has 0 saturated carbocycles. The molecule has 0 amide bonds. The van der Waals surface area contributed by atoms with Crippen LogP contribution >= 0.6 is 11.6 Å². The summed E-state index contributed by atoms with van der Waals surface area (Å²) in [5.41, 5.74) is 1.71. The van der Waals surface area contributed by atoms with E-state index in [1.54, 1.807) is 16.9 Å². The predicted octanol–water partition coefficient (Wildman–Crippen LogP) is 1.97. The Morgan fingerprint density at radius 3 is 2.82 bits per heavy atom. The molecule has 0 aliphatic carbocycles. The number of morpholine rings is 1. The number of rotatable bonds is 4. The molecule has 1 aliphatic heterocycles. The van der Waals surface area contributed by atoms with Crippen molar-refractivity contribution in [3.05, 3.63) is 23.6 Å². The van der Waals surface area contributed by atoms with Gasteiger partial charge in [-0.1, -0.05) is 16.8 Å². The minimum atomic E-state index is 0.277. The van der Waals surface area contributed by atoms with E-state index in [1.807, 2.05) is 6.20 Å². The van der Waals surface area contributed by atoms with Crippen molar-refractivity contribution in [2.24, 2.45) is 0 Å². The Balaban J connectivity index is 1.89. The van der Waals surface area contributed by atoms with E-state index in [2.05, 4.69) is 39.4 Å². The van der Waals surface area contributed by atoms with Gasteiger partial charge >= 0.3 is 0 Å². The molecule has 1 fully saturated rings. The Labute approximate surface area is 134 Å². The lowest BCUT2D eigenvalue weighted by Gasteiger charge is -2.25. The average Bonchev–Trinajstić information content (AvgIpc) is 2.97. The number of pyridine rings is 1. The molecule has 0 spiro atoms. The number of halogens is 1. The highest BCUT2D eigenvalue weighted by atomic mass is 35.5. The Bertz CT molecular complexity index is 638. The number of nitrogens with one attached hydrogen (secondary N) is 1. The van der Waals surface area contributed by atoms with Gasteiger partial charge < -0.3 is 15.0 Å². The normalized spacial score (nSPS) is 15.4. The molecule has 0 bridgehead atoms. The SMILES string of the molecule is CC(C)Nc1cc(Cl)ncc1-n1cc(N2CCOCC2)nn1. The summed E-state index contributed by atoms with van der Waals surface area (Å²) in [6.45, 7) is 7.23. The van der Waals surface area contributed by atoms with Crippen molar-refractivity contribution in [3.63, 3.8) is 0 Å². The maximum atomic E-state index is 6.00. The third-order valence-corrected chi connectivity index (χ3v) is 3.56. The van der Waals surface area contributed by atoms with Crippen LogP contribution in [0.5, 0.6) is 0 Å². The van der Waals surface area contributed by atoms with Crippen molar-refractivity contribution < 1.29 is 4.74 Å². The zero-order valence-corrected chi connectivity index (χ0v) is 13.4. The fraction of sp³-hybridized carbons (Fsp3) is 0.500. The van der Waals surface area contributed by atoms with Gasteiger partial charge in [0.2, 0.25) is 0 Å². The zero-order valence-electron chi connectivity index (χ0n) is 12.7. The maximum Gasteiger partial charge on any atom is 0.171 e. The molecular formula is C14H19ClN6O. The lowest BCUT2D eigenvalue weighted by atomic mass is 10.3. The first-order valence-corrected chi connectivity index (χ1v) is 7.69. The van der Waals surface area contributed by atoms with E-state index in [0.29, 0.717) is 5.15 Å². The van der Waals surface area contributed by atoms with E-state index in [4.69, 9.17) is 16.3 Å². The first-order chi connectivity index (χ1) is 10.6. The quantitative estimate of drug-likeness (QED) is 0.868. The van der Waals surface area contributed by atoms with Gasteiger partial charge in [0.15, 0.2) is 5.82 Å². The molecule has 0 unspecified atom stereocenters. The predicted molar refractivity (Wildman–Crippen MR) is 86.0 cm³/mol. The van der Waals surface area contributed by atoms with Crippen LogP contribution in [0.3, 0.4) is 0 Å². The minimum absolute atomic E-state index is 0.277. The second kappa shape index (κ2) is 6.50. The summed E-state index contributed by atoms with van der Waals surface area (Å²) in [4.78, 5) is 6.31. The van der Waals surface area contributed by atoms with E-state index in [-0.39, 0.29) is 6.04 Å². The highest BCUT2D eigenvalue weighted by molar-refractivity contribution is 6.29. The molecule has 1 aliphatic rings. The molecule has 22 heavy (non-hydrogen) atoms. The number of aromatic nitrogens is 4. The standard InChI is InChI=1S/C14H19ClN6O/c1-10(2)17-11-7-13(15)16-8-12(11)21-9-14(18-19-21)20-3-5-22-6-4-20/h7-10H,3-6H2,1-2H3,(H,16,17). The summed E-state index contributed by atoms with van der Waals surface area (Å²) in [5.74, 6) is 0.841. The van der Waals surface area contributed by atoms with Crippen LogP contribution < -0.4 is 10.2 Å². The molecule has 3 heterocycles. The van der Waals surface area contributed by atoms with Crippen molar-refractivity contribution in [2.45, 2.75) is 19.9 Å². The van der Waals surface area contributed by atoms with Gasteiger partial charge in [0, 0.05) is 25.2 Å². The van der Waals surface area contributed by atoms with Gasteiger partial charge in [-0.05, 0) is 13.8 Å². The topological polar surface area (TPSA) is 68.1 Å². The maximum absolute atomic E-state index is 6.00. The zero-order chi connectivity index (χ0) is 15.5. The first kappa shape index (κ1) is 15.1. The molecule has 1 saturated heterocycles. The van der Waals surface area contributed by atoms with Crippen molar-refractivity contribution in [3.8, 4) is 5.69 Å². The molecule has 3 rings (SSSR count). The number of hydrogen-bond acceptors (Lipinski definition) is 6. The Kier molecular flexibility index (Phi) is 4.44. The van der Waals surface area contributed by atoms with Crippen molar-refractivity contribution >= 4 is 23.1 Å². The van der Waals surface area contributed by atoms with Gasteiger partial charge in [0.1, 0.15) is 10.8 Å². The average molecular weight is 323 g/mol. The van der Waals surface area contributed by atoms with Gasteiger partial charge in [0.25, 0.3) is 0 Å². The summed E-state index contributed by atoms with van der Waals surface area (Å²) < 4.78 is 7.08. The van der Waals surface area contributed by atoms with Crippen LogP contribution in [0.2, 0.25) is 5.15 Å². The molecule has 7 nitrogen and oxygen atoms in total. The number of anilines is 2. The highest BCUT2D eigenvalue weighted by Crippen LogP contribution is 2.24. The second-order valence-corrected chi connectivity index (χ2v) is 5.83. The molecule has 118 valence electrons. The molecule has 8 heteroatoms. The van der Waals surface area contributed by atoms with E-state index in [1.165, 1.54) is 0 Å². The minimum Gasteiger partial charge on any atom is -0.381 e. The van der Waals surface area contributed by atoms with Gasteiger partial charge in [-0.3, -0.25) is 0 Å². The number of hydrogen-bond donors (Lipinski definition) is 1. The summed E-state index contributed by atoms with van der Waals surface area (Å²) in [5, 5.41) is 12.3. The van der Waals surface area contributed by atoms with Gasteiger partial charge in [0.05, 0.1) is 31.3 Å². The smallest absolute Gasteiger partial charge is 0.171 e. The highest BCUT2D eigenvalue weighted by Gasteiger charge is 2.16. The van der Waals surface area contributed by atoms with Crippen LogP contribution in [0.1, 0.15) is 13.8 Å². The summed E-state index contributed by atoms with van der Waals surface area (Å²) in [7, 11) is 0. The lowest BCUT2D eigenvalue weighted by Crippen LogP contribution is -2.36. The monoisotopic (exact) mass is 322 g/mol. The summed E-state index contributed by atoms with van der Waals surface area (Å²) in [6, 6.07) is 2.08. The van der Waals surface area contributed by atoms with Crippen LogP contribution in [-0.4, -0.2) is 52.3 Å². The molecule has 2 aromatic rings. The van der Waals surface area contributed by atoms with Crippen LogP contribution in [-0.2, 0) is 4.74 Å². The summed E-state index contributed by atoms with van der Waals surface area (Å²) >= 11 is 6.00. The fourth-order valence-corrected chi connectivity index (χ4v) is 2.50. The third kappa shape index (κ3) is 3.31. The number of ether oxygens (including phenoxy) is 1. The molecule has 0 atom stereocenters. The van der Waals surface area contributed by atoms with Crippen molar-refractivity contribution in [2.75, 3.05) is 36.5 Å². The first-order valence-electron chi connectivity index (χ1n) is 7.31. The van der Waals surface area contributed by atoms with Crippen LogP contribution in [0.4, 0.5) is 11.5 Å². The van der Waals surface area contributed by atoms with Crippen LogP contribution in [0.25, 0.3) is 5.69 Å². The summed E-state index contributed by atoms with van der Waals surface area (Å²) in [6.07, 6.45) is 3.60. The van der Waals surface area contributed by atoms with Crippen molar-refractivity contribution in [1.29, 1.82) is 0 Å². The Morgan fingerprint density at radius 1 is 1.32 bits per heavy atom. The number of nitrogens with zero attached hydrogens (tertiary/aromatic N) is 5. The largest absolute Gasteiger partial charge is 0.381 e. The van der Waals surface area contributed by atoms with Crippen LogP contribution in [0, 0.1) is 0 Å². The van der Waals surface area contributed by atoms with Gasteiger partial charge in [-0.25, -0.2) is 9.67 Å². The van der Waals surface area contributed by atoms with E-state index < -0.39 is 0 Å².